The van der Waals surface area contributed by atoms with E-state index in [1.807, 2.05) is 25.1 Å². The number of benzene rings is 2. The molecule has 0 radical (unpaired) electrons. The van der Waals surface area contributed by atoms with Gasteiger partial charge in [-0.05, 0) is 48.3 Å². The van der Waals surface area contributed by atoms with E-state index < -0.39 is 0 Å². The second-order valence-corrected chi connectivity index (χ2v) is 6.67. The molecule has 5 heteroatoms. The van der Waals surface area contributed by atoms with Crippen LogP contribution >= 0.6 is 11.6 Å². The van der Waals surface area contributed by atoms with Gasteiger partial charge < -0.3 is 10.6 Å². The molecule has 1 atom stereocenters. The van der Waals surface area contributed by atoms with Gasteiger partial charge in [0.1, 0.15) is 5.82 Å². The molecule has 3 rings (SSSR count). The summed E-state index contributed by atoms with van der Waals surface area (Å²) in [5.74, 6) is -0.0202. The first-order chi connectivity index (χ1) is 11.5. The van der Waals surface area contributed by atoms with Crippen LogP contribution in [0, 0.1) is 17.7 Å². The molecule has 0 aromatic heterocycles. The van der Waals surface area contributed by atoms with Crippen LogP contribution in [0.1, 0.15) is 12.5 Å². The second kappa shape index (κ2) is 7.32. The summed E-state index contributed by atoms with van der Waals surface area (Å²) in [6.45, 7) is 3.87. The Hall–Kier alpha value is -1.91. The van der Waals surface area contributed by atoms with Gasteiger partial charge in [0, 0.05) is 23.0 Å². The number of rotatable bonds is 5. The van der Waals surface area contributed by atoms with Crippen molar-refractivity contribution >= 4 is 17.5 Å². The van der Waals surface area contributed by atoms with Crippen LogP contribution in [0.25, 0.3) is 11.1 Å². The van der Waals surface area contributed by atoms with Gasteiger partial charge in [-0.15, -0.1) is 0 Å². The van der Waals surface area contributed by atoms with Crippen LogP contribution < -0.4 is 10.6 Å². The standard InChI is InChI=1S/C19H20ClFN2O/c1-12(16-9-22-10-16)19(24)23-11-15-3-2-14(8-18(15)21)13-4-6-17(20)7-5-13/h2-8,12,16,22H,9-11H2,1H3,(H,23,24). The smallest absolute Gasteiger partial charge is 0.223 e. The fourth-order valence-electron chi connectivity index (χ4n) is 2.73. The van der Waals surface area contributed by atoms with E-state index in [-0.39, 0.29) is 24.2 Å². The van der Waals surface area contributed by atoms with Crippen LogP contribution in [0.15, 0.2) is 42.5 Å². The van der Waals surface area contributed by atoms with Gasteiger partial charge in [-0.3, -0.25) is 4.79 Å². The molecular formula is C19H20ClFN2O. The molecule has 0 bridgehead atoms. The third-order valence-corrected chi connectivity index (χ3v) is 4.87. The molecule has 0 saturated carbocycles. The molecule has 2 N–H and O–H groups in total. The van der Waals surface area contributed by atoms with Crippen LogP contribution in [-0.4, -0.2) is 19.0 Å². The lowest BCUT2D eigenvalue weighted by atomic mass is 9.88. The molecule has 1 unspecified atom stereocenters. The Morgan fingerprint density at radius 3 is 2.50 bits per heavy atom. The van der Waals surface area contributed by atoms with Crippen molar-refractivity contribution in [1.29, 1.82) is 0 Å². The SMILES string of the molecule is CC(C(=O)NCc1ccc(-c2ccc(Cl)cc2)cc1F)C1CNC1. The van der Waals surface area contributed by atoms with E-state index in [9.17, 15) is 9.18 Å². The van der Waals surface area contributed by atoms with Crippen LogP contribution in [0.4, 0.5) is 4.39 Å². The molecule has 1 aliphatic heterocycles. The molecule has 2 aromatic carbocycles. The Morgan fingerprint density at radius 1 is 1.25 bits per heavy atom. The van der Waals surface area contributed by atoms with E-state index in [4.69, 9.17) is 11.6 Å². The van der Waals surface area contributed by atoms with Gasteiger partial charge >= 0.3 is 0 Å². The van der Waals surface area contributed by atoms with E-state index in [0.29, 0.717) is 16.5 Å². The number of halogens is 2. The maximum Gasteiger partial charge on any atom is 0.223 e. The molecule has 24 heavy (non-hydrogen) atoms. The molecule has 1 heterocycles. The predicted molar refractivity (Wildman–Crippen MR) is 94.2 cm³/mol. The summed E-state index contributed by atoms with van der Waals surface area (Å²) < 4.78 is 14.3. The molecule has 1 saturated heterocycles. The number of amides is 1. The summed E-state index contributed by atoms with van der Waals surface area (Å²) in [5, 5.41) is 6.64. The van der Waals surface area contributed by atoms with Crippen molar-refractivity contribution in [3.05, 3.63) is 58.9 Å². The van der Waals surface area contributed by atoms with E-state index in [1.54, 1.807) is 18.2 Å². The van der Waals surface area contributed by atoms with Crippen molar-refractivity contribution in [3.63, 3.8) is 0 Å². The Balaban J connectivity index is 1.64. The van der Waals surface area contributed by atoms with Crippen molar-refractivity contribution in [2.45, 2.75) is 13.5 Å². The lowest BCUT2D eigenvalue weighted by Gasteiger charge is -2.31. The molecule has 3 nitrogen and oxygen atoms in total. The summed E-state index contributed by atoms with van der Waals surface area (Å²) in [6.07, 6.45) is 0. The quantitative estimate of drug-likeness (QED) is 0.868. The molecule has 126 valence electrons. The lowest BCUT2D eigenvalue weighted by Crippen LogP contribution is -2.49. The largest absolute Gasteiger partial charge is 0.352 e. The molecule has 1 amide bonds. The predicted octanol–water partition coefficient (Wildman–Crippen LogP) is 3.62. The van der Waals surface area contributed by atoms with Crippen molar-refractivity contribution in [1.82, 2.24) is 10.6 Å². The highest BCUT2D eigenvalue weighted by Gasteiger charge is 2.28. The number of carbonyl (C=O) groups is 1. The van der Waals surface area contributed by atoms with Gasteiger partial charge in [0.25, 0.3) is 0 Å². The molecule has 0 aliphatic carbocycles. The maximum absolute atomic E-state index is 14.3. The van der Waals surface area contributed by atoms with Gasteiger partial charge in [0.2, 0.25) is 5.91 Å². The minimum Gasteiger partial charge on any atom is -0.352 e. The maximum atomic E-state index is 14.3. The second-order valence-electron chi connectivity index (χ2n) is 6.24. The first kappa shape index (κ1) is 16.9. The van der Waals surface area contributed by atoms with Crippen LogP contribution in [0.3, 0.4) is 0 Å². The van der Waals surface area contributed by atoms with Crippen LogP contribution in [0.5, 0.6) is 0 Å². The fourth-order valence-corrected chi connectivity index (χ4v) is 2.86. The van der Waals surface area contributed by atoms with Gasteiger partial charge in [-0.25, -0.2) is 4.39 Å². The molecule has 1 fully saturated rings. The zero-order chi connectivity index (χ0) is 17.1. The van der Waals surface area contributed by atoms with E-state index in [0.717, 1.165) is 24.2 Å². The highest BCUT2D eigenvalue weighted by molar-refractivity contribution is 6.30. The Labute approximate surface area is 146 Å². The van der Waals surface area contributed by atoms with Crippen molar-refractivity contribution < 1.29 is 9.18 Å². The fraction of sp³-hybridized carbons (Fsp3) is 0.316. The van der Waals surface area contributed by atoms with Gasteiger partial charge in [0.05, 0.1) is 0 Å². The van der Waals surface area contributed by atoms with Crippen molar-refractivity contribution in [2.24, 2.45) is 11.8 Å². The zero-order valence-electron chi connectivity index (χ0n) is 13.5. The van der Waals surface area contributed by atoms with Gasteiger partial charge in [0.15, 0.2) is 0 Å². The number of hydrogen-bond acceptors (Lipinski definition) is 2. The van der Waals surface area contributed by atoms with Crippen molar-refractivity contribution in [2.75, 3.05) is 13.1 Å². The number of nitrogens with one attached hydrogen (secondary N) is 2. The summed E-state index contributed by atoms with van der Waals surface area (Å²) in [6, 6.07) is 12.3. The average Bonchev–Trinajstić information content (AvgIpc) is 2.52. The van der Waals surface area contributed by atoms with Crippen LogP contribution in [0.2, 0.25) is 5.02 Å². The summed E-state index contributed by atoms with van der Waals surface area (Å²) in [7, 11) is 0. The monoisotopic (exact) mass is 346 g/mol. The molecule has 1 aliphatic rings. The number of hydrogen-bond donors (Lipinski definition) is 2. The van der Waals surface area contributed by atoms with E-state index in [2.05, 4.69) is 10.6 Å². The van der Waals surface area contributed by atoms with Gasteiger partial charge in [-0.1, -0.05) is 42.8 Å². The summed E-state index contributed by atoms with van der Waals surface area (Å²) >= 11 is 5.87. The van der Waals surface area contributed by atoms with Crippen molar-refractivity contribution in [3.8, 4) is 11.1 Å². The minimum atomic E-state index is -0.319. The summed E-state index contributed by atoms with van der Waals surface area (Å²) in [5.41, 5.74) is 2.17. The third kappa shape index (κ3) is 3.77. The highest BCUT2D eigenvalue weighted by atomic mass is 35.5. The third-order valence-electron chi connectivity index (χ3n) is 4.62. The zero-order valence-corrected chi connectivity index (χ0v) is 14.2. The first-order valence-corrected chi connectivity index (χ1v) is 8.45. The van der Waals surface area contributed by atoms with Crippen LogP contribution in [-0.2, 0) is 11.3 Å². The average molecular weight is 347 g/mol. The Bertz CT molecular complexity index is 729. The summed E-state index contributed by atoms with van der Waals surface area (Å²) in [4.78, 5) is 12.1. The Kier molecular flexibility index (Phi) is 5.17. The molecule has 0 spiro atoms. The molecular weight excluding hydrogens is 327 g/mol. The topological polar surface area (TPSA) is 41.1 Å². The minimum absolute atomic E-state index is 0.0253. The lowest BCUT2D eigenvalue weighted by molar-refractivity contribution is -0.126. The number of carbonyl (C=O) groups excluding carboxylic acids is 1. The normalized spacial score (nSPS) is 15.6. The molecule has 2 aromatic rings. The van der Waals surface area contributed by atoms with Gasteiger partial charge in [-0.2, -0.15) is 0 Å². The Morgan fingerprint density at radius 2 is 1.92 bits per heavy atom. The highest BCUT2D eigenvalue weighted by Crippen LogP contribution is 2.24. The van der Waals surface area contributed by atoms with E-state index >= 15 is 0 Å². The van der Waals surface area contributed by atoms with E-state index in [1.165, 1.54) is 6.07 Å². The first-order valence-electron chi connectivity index (χ1n) is 8.07.